The Hall–Kier alpha value is -1.12. The van der Waals surface area contributed by atoms with Gasteiger partial charge >= 0.3 is 0 Å². The maximum Gasteiger partial charge on any atom is 0.168 e. The van der Waals surface area contributed by atoms with E-state index in [-0.39, 0.29) is 11.2 Å². The average molecular weight is 366 g/mol. The van der Waals surface area contributed by atoms with Gasteiger partial charge in [-0.05, 0) is 50.7 Å². The Morgan fingerprint density at radius 2 is 1.71 bits per heavy atom. The molecule has 0 amide bonds. The molecule has 0 aliphatic carbocycles. The molecule has 0 bridgehead atoms. The van der Waals surface area contributed by atoms with E-state index in [1.165, 1.54) is 5.56 Å². The lowest BCUT2D eigenvalue weighted by atomic mass is 9.86. The van der Waals surface area contributed by atoms with E-state index in [0.717, 1.165) is 10.0 Å². The molecule has 2 aromatic carbocycles. The predicted molar refractivity (Wildman–Crippen MR) is 92.3 cm³/mol. The second-order valence-corrected chi connectivity index (χ2v) is 7.46. The Morgan fingerprint density at radius 1 is 1.10 bits per heavy atom. The van der Waals surface area contributed by atoms with E-state index >= 15 is 0 Å². The first-order chi connectivity index (χ1) is 9.77. The second kappa shape index (κ2) is 6.33. The third-order valence-corrected chi connectivity index (χ3v) is 4.31. The molecule has 3 heteroatoms. The number of carbonyl (C=O) groups excluding carboxylic acids is 1. The third-order valence-electron chi connectivity index (χ3n) is 3.42. The fraction of sp³-hybridized carbons (Fsp3) is 0.278. The number of carbonyl (C=O) groups is 1. The fourth-order valence-corrected chi connectivity index (χ4v) is 3.02. The number of hydrogen-bond donors (Lipinski definition) is 0. The molecule has 0 radical (unpaired) electrons. The van der Waals surface area contributed by atoms with Gasteiger partial charge in [0.05, 0.1) is 0 Å². The molecule has 1 nitrogen and oxygen atoms in total. The van der Waals surface area contributed by atoms with Crippen LogP contribution in [0.5, 0.6) is 0 Å². The quantitative estimate of drug-likeness (QED) is 0.626. The molecule has 0 atom stereocenters. The molecule has 0 spiro atoms. The van der Waals surface area contributed by atoms with Gasteiger partial charge < -0.3 is 0 Å². The van der Waals surface area contributed by atoms with Gasteiger partial charge in [-0.3, -0.25) is 4.79 Å². The second-order valence-electron chi connectivity index (χ2n) is 6.17. The van der Waals surface area contributed by atoms with Crippen LogP contribution in [0.15, 0.2) is 46.9 Å². The first kappa shape index (κ1) is 16.3. The predicted octanol–water partition coefficient (Wildman–Crippen LogP) is 5.83. The maximum atomic E-state index is 12.4. The van der Waals surface area contributed by atoms with Crippen molar-refractivity contribution in [2.45, 2.75) is 32.6 Å². The summed E-state index contributed by atoms with van der Waals surface area (Å²) in [7, 11) is 0. The number of rotatable bonds is 3. The summed E-state index contributed by atoms with van der Waals surface area (Å²) >= 11 is 9.29. The Morgan fingerprint density at radius 3 is 2.24 bits per heavy atom. The Kier molecular flexibility index (Phi) is 4.90. The van der Waals surface area contributed by atoms with Crippen molar-refractivity contribution in [3.8, 4) is 0 Å². The van der Waals surface area contributed by atoms with Gasteiger partial charge in [-0.2, -0.15) is 0 Å². The van der Waals surface area contributed by atoms with Crippen molar-refractivity contribution in [3.05, 3.63) is 68.7 Å². The van der Waals surface area contributed by atoms with Gasteiger partial charge in [0.1, 0.15) is 0 Å². The van der Waals surface area contributed by atoms with Crippen molar-refractivity contribution in [1.82, 2.24) is 0 Å². The van der Waals surface area contributed by atoms with Crippen LogP contribution in [0, 0.1) is 0 Å². The molecule has 21 heavy (non-hydrogen) atoms. The molecular weight excluding hydrogens is 348 g/mol. The Labute approximate surface area is 139 Å². The summed E-state index contributed by atoms with van der Waals surface area (Å²) in [6.45, 7) is 6.54. The minimum atomic E-state index is 0.0852. The molecule has 110 valence electrons. The standard InChI is InChI=1S/C18H18BrClO/c1-18(2,3)13-6-4-12(5-7-13)10-17(21)15-9-8-14(20)11-16(15)19/h4-9,11H,10H2,1-3H3. The molecule has 0 saturated heterocycles. The van der Waals surface area contributed by atoms with Crippen LogP contribution in [0.3, 0.4) is 0 Å². The van der Waals surface area contributed by atoms with Crippen molar-refractivity contribution in [3.63, 3.8) is 0 Å². The third kappa shape index (κ3) is 4.18. The van der Waals surface area contributed by atoms with Crippen LogP contribution in [-0.2, 0) is 11.8 Å². The number of benzene rings is 2. The SMILES string of the molecule is CC(C)(C)c1ccc(CC(=O)c2ccc(Cl)cc2Br)cc1. The van der Waals surface area contributed by atoms with Crippen molar-refractivity contribution >= 4 is 33.3 Å². The van der Waals surface area contributed by atoms with Crippen LogP contribution < -0.4 is 0 Å². The molecule has 0 fully saturated rings. The highest BCUT2D eigenvalue weighted by atomic mass is 79.9. The molecule has 0 saturated carbocycles. The monoisotopic (exact) mass is 364 g/mol. The lowest BCUT2D eigenvalue weighted by molar-refractivity contribution is 0.0992. The smallest absolute Gasteiger partial charge is 0.168 e. The highest BCUT2D eigenvalue weighted by Crippen LogP contribution is 2.25. The van der Waals surface area contributed by atoms with Crippen LogP contribution in [0.25, 0.3) is 0 Å². The lowest BCUT2D eigenvalue weighted by Gasteiger charge is -2.19. The fourth-order valence-electron chi connectivity index (χ4n) is 2.12. The maximum absolute atomic E-state index is 12.4. The molecular formula is C18H18BrClO. The largest absolute Gasteiger partial charge is 0.294 e. The normalized spacial score (nSPS) is 11.5. The number of Topliss-reactive ketones (excluding diaryl/α,β-unsaturated/α-hetero) is 1. The number of ketones is 1. The minimum absolute atomic E-state index is 0.0852. The van der Waals surface area contributed by atoms with Crippen LogP contribution in [0.4, 0.5) is 0 Å². The van der Waals surface area contributed by atoms with Gasteiger partial charge in [-0.15, -0.1) is 0 Å². The van der Waals surface area contributed by atoms with Crippen molar-refractivity contribution < 1.29 is 4.79 Å². The van der Waals surface area contributed by atoms with Gasteiger partial charge in [0.15, 0.2) is 5.78 Å². The summed E-state index contributed by atoms with van der Waals surface area (Å²) in [4.78, 5) is 12.4. The number of hydrogen-bond acceptors (Lipinski definition) is 1. The molecule has 0 heterocycles. The van der Waals surface area contributed by atoms with Gasteiger partial charge in [0.25, 0.3) is 0 Å². The van der Waals surface area contributed by atoms with Crippen molar-refractivity contribution in [2.75, 3.05) is 0 Å². The molecule has 0 unspecified atom stereocenters. The topological polar surface area (TPSA) is 17.1 Å². The summed E-state index contributed by atoms with van der Waals surface area (Å²) in [5.41, 5.74) is 3.09. The minimum Gasteiger partial charge on any atom is -0.294 e. The first-order valence-electron chi connectivity index (χ1n) is 6.85. The highest BCUT2D eigenvalue weighted by Gasteiger charge is 2.14. The number of halogens is 2. The summed E-state index contributed by atoms with van der Waals surface area (Å²) in [6, 6.07) is 13.5. The first-order valence-corrected chi connectivity index (χ1v) is 8.02. The zero-order valence-corrected chi connectivity index (χ0v) is 14.8. The summed E-state index contributed by atoms with van der Waals surface area (Å²) in [5.74, 6) is 0.0852. The lowest BCUT2D eigenvalue weighted by Crippen LogP contribution is -2.11. The van der Waals surface area contributed by atoms with Crippen LogP contribution in [-0.4, -0.2) is 5.78 Å². The average Bonchev–Trinajstić information content (AvgIpc) is 2.38. The van der Waals surface area contributed by atoms with E-state index in [2.05, 4.69) is 48.8 Å². The highest BCUT2D eigenvalue weighted by molar-refractivity contribution is 9.10. The van der Waals surface area contributed by atoms with E-state index < -0.39 is 0 Å². The van der Waals surface area contributed by atoms with E-state index in [9.17, 15) is 4.79 Å². The van der Waals surface area contributed by atoms with E-state index in [1.54, 1.807) is 18.2 Å². The van der Waals surface area contributed by atoms with Crippen LogP contribution in [0.2, 0.25) is 5.02 Å². The molecule has 2 rings (SSSR count). The van der Waals surface area contributed by atoms with E-state index in [1.807, 2.05) is 12.1 Å². The summed E-state index contributed by atoms with van der Waals surface area (Å²) < 4.78 is 0.742. The molecule has 0 aliphatic heterocycles. The van der Waals surface area contributed by atoms with Crippen molar-refractivity contribution in [2.24, 2.45) is 0 Å². The summed E-state index contributed by atoms with van der Waals surface area (Å²) in [5, 5.41) is 0.618. The zero-order chi connectivity index (χ0) is 15.6. The van der Waals surface area contributed by atoms with E-state index in [0.29, 0.717) is 17.0 Å². The van der Waals surface area contributed by atoms with Gasteiger partial charge in [-0.25, -0.2) is 0 Å². The van der Waals surface area contributed by atoms with Gasteiger partial charge in [0.2, 0.25) is 0 Å². The van der Waals surface area contributed by atoms with Crippen LogP contribution in [0.1, 0.15) is 42.3 Å². The molecule has 0 aromatic heterocycles. The van der Waals surface area contributed by atoms with Gasteiger partial charge in [0, 0.05) is 21.5 Å². The van der Waals surface area contributed by atoms with Gasteiger partial charge in [-0.1, -0.05) is 56.6 Å². The molecule has 2 aromatic rings. The molecule has 0 N–H and O–H groups in total. The van der Waals surface area contributed by atoms with E-state index in [4.69, 9.17) is 11.6 Å². The Balaban J connectivity index is 2.16. The Bertz CT molecular complexity index is 654. The molecule has 0 aliphatic rings. The summed E-state index contributed by atoms with van der Waals surface area (Å²) in [6.07, 6.45) is 0.394. The van der Waals surface area contributed by atoms with Crippen LogP contribution >= 0.6 is 27.5 Å². The zero-order valence-electron chi connectivity index (χ0n) is 12.4. The van der Waals surface area contributed by atoms with Crippen molar-refractivity contribution in [1.29, 1.82) is 0 Å².